The molecule has 1 rings (SSSR count). The summed E-state index contributed by atoms with van der Waals surface area (Å²) in [4.78, 5) is 4.37. The van der Waals surface area contributed by atoms with Crippen molar-refractivity contribution in [2.45, 2.75) is 26.2 Å². The molecule has 1 fully saturated rings. The standard InChI is InChI=1S/C12H22N2O3S/c1-9(3-4-12(13)17-14)10(2)11-5-7-18(15,16)8-6-11/h4,10-11H,1,3,5-8,13-14H2,2H3/b12-4-. The first-order chi connectivity index (χ1) is 8.35. The fourth-order valence-electron chi connectivity index (χ4n) is 2.21. The minimum Gasteiger partial charge on any atom is -0.394 e. The van der Waals surface area contributed by atoms with Crippen LogP contribution in [0.3, 0.4) is 0 Å². The fraction of sp³-hybridized carbons (Fsp3) is 0.667. The van der Waals surface area contributed by atoms with Gasteiger partial charge in [0, 0.05) is 0 Å². The van der Waals surface area contributed by atoms with E-state index < -0.39 is 9.84 Å². The molecule has 0 bridgehead atoms. The predicted octanol–water partition coefficient (Wildman–Crippen LogP) is 1.08. The summed E-state index contributed by atoms with van der Waals surface area (Å²) in [6, 6.07) is 0. The Labute approximate surface area is 109 Å². The van der Waals surface area contributed by atoms with Crippen LogP contribution in [0.1, 0.15) is 26.2 Å². The molecule has 0 amide bonds. The van der Waals surface area contributed by atoms with Gasteiger partial charge in [0.15, 0.2) is 0 Å². The molecular formula is C12H22N2O3S. The van der Waals surface area contributed by atoms with Crippen LogP contribution in [0, 0.1) is 11.8 Å². The number of allylic oxidation sites excluding steroid dienone is 2. The van der Waals surface area contributed by atoms with Gasteiger partial charge in [-0.1, -0.05) is 19.1 Å². The molecule has 4 N–H and O–H groups in total. The molecule has 0 aliphatic carbocycles. The molecule has 1 heterocycles. The molecule has 0 aromatic rings. The Hall–Kier alpha value is -1.01. The zero-order valence-electron chi connectivity index (χ0n) is 10.8. The number of hydrogen-bond acceptors (Lipinski definition) is 5. The molecule has 6 heteroatoms. The van der Waals surface area contributed by atoms with E-state index in [2.05, 4.69) is 18.3 Å². The highest BCUT2D eigenvalue weighted by molar-refractivity contribution is 7.91. The van der Waals surface area contributed by atoms with E-state index in [-0.39, 0.29) is 11.8 Å². The summed E-state index contributed by atoms with van der Waals surface area (Å²) in [7, 11) is -2.80. The molecule has 5 nitrogen and oxygen atoms in total. The minimum absolute atomic E-state index is 0.176. The quantitative estimate of drug-likeness (QED) is 0.444. The van der Waals surface area contributed by atoms with E-state index in [0.29, 0.717) is 23.8 Å². The van der Waals surface area contributed by atoms with Crippen molar-refractivity contribution in [3.63, 3.8) is 0 Å². The molecular weight excluding hydrogens is 252 g/mol. The van der Waals surface area contributed by atoms with Gasteiger partial charge in [-0.05, 0) is 37.2 Å². The molecule has 0 spiro atoms. The number of rotatable bonds is 5. The van der Waals surface area contributed by atoms with Gasteiger partial charge >= 0.3 is 0 Å². The zero-order chi connectivity index (χ0) is 13.8. The molecule has 1 aliphatic heterocycles. The van der Waals surface area contributed by atoms with Gasteiger partial charge in [0.1, 0.15) is 9.84 Å². The highest BCUT2D eigenvalue weighted by atomic mass is 32.2. The monoisotopic (exact) mass is 274 g/mol. The van der Waals surface area contributed by atoms with Gasteiger partial charge in [-0.3, -0.25) is 0 Å². The largest absolute Gasteiger partial charge is 0.394 e. The second-order valence-corrected chi connectivity index (χ2v) is 7.17. The van der Waals surface area contributed by atoms with Crippen molar-refractivity contribution >= 4 is 9.84 Å². The van der Waals surface area contributed by atoms with Crippen molar-refractivity contribution in [3.8, 4) is 0 Å². The Bertz CT molecular complexity index is 415. The highest BCUT2D eigenvalue weighted by Gasteiger charge is 2.28. The van der Waals surface area contributed by atoms with E-state index in [1.54, 1.807) is 6.08 Å². The number of nitrogens with two attached hydrogens (primary N) is 2. The first kappa shape index (κ1) is 15.0. The maximum absolute atomic E-state index is 11.4. The third-order valence-electron chi connectivity index (χ3n) is 3.65. The van der Waals surface area contributed by atoms with Gasteiger partial charge < -0.3 is 10.6 Å². The molecule has 18 heavy (non-hydrogen) atoms. The third-order valence-corrected chi connectivity index (χ3v) is 5.37. The lowest BCUT2D eigenvalue weighted by Gasteiger charge is -2.28. The predicted molar refractivity (Wildman–Crippen MR) is 71.8 cm³/mol. The van der Waals surface area contributed by atoms with E-state index in [4.69, 9.17) is 11.6 Å². The molecule has 1 aliphatic rings. The summed E-state index contributed by atoms with van der Waals surface area (Å²) in [6.07, 6.45) is 3.72. The van der Waals surface area contributed by atoms with E-state index in [0.717, 1.165) is 18.4 Å². The van der Waals surface area contributed by atoms with E-state index in [1.807, 2.05) is 0 Å². The minimum atomic E-state index is -2.80. The summed E-state index contributed by atoms with van der Waals surface area (Å²) in [5, 5.41) is 0. The summed E-state index contributed by atoms with van der Waals surface area (Å²) in [6.45, 7) is 6.11. The van der Waals surface area contributed by atoms with Gasteiger partial charge in [-0.15, -0.1) is 0 Å². The lowest BCUT2D eigenvalue weighted by molar-refractivity contribution is 0.216. The van der Waals surface area contributed by atoms with Crippen molar-refractivity contribution in [3.05, 3.63) is 24.1 Å². The van der Waals surface area contributed by atoms with Crippen molar-refractivity contribution < 1.29 is 13.3 Å². The van der Waals surface area contributed by atoms with Gasteiger partial charge in [0.25, 0.3) is 0 Å². The molecule has 1 atom stereocenters. The van der Waals surface area contributed by atoms with Gasteiger partial charge in [0.05, 0.1) is 11.5 Å². The van der Waals surface area contributed by atoms with Crippen LogP contribution in [0.5, 0.6) is 0 Å². The van der Waals surface area contributed by atoms with Crippen molar-refractivity contribution in [2.24, 2.45) is 23.5 Å². The van der Waals surface area contributed by atoms with Crippen LogP contribution in [-0.4, -0.2) is 19.9 Å². The van der Waals surface area contributed by atoms with Crippen LogP contribution in [0.2, 0.25) is 0 Å². The van der Waals surface area contributed by atoms with E-state index >= 15 is 0 Å². The average molecular weight is 274 g/mol. The van der Waals surface area contributed by atoms with Crippen molar-refractivity contribution in [2.75, 3.05) is 11.5 Å². The molecule has 0 radical (unpaired) electrons. The van der Waals surface area contributed by atoms with Crippen LogP contribution in [0.15, 0.2) is 24.1 Å². The molecule has 1 saturated heterocycles. The van der Waals surface area contributed by atoms with Crippen LogP contribution in [0.25, 0.3) is 0 Å². The second kappa shape index (κ2) is 6.24. The fourth-order valence-corrected chi connectivity index (χ4v) is 3.74. The normalized spacial score (nSPS) is 22.4. The lowest BCUT2D eigenvalue weighted by Crippen LogP contribution is -2.27. The van der Waals surface area contributed by atoms with E-state index in [9.17, 15) is 8.42 Å². The van der Waals surface area contributed by atoms with Crippen LogP contribution >= 0.6 is 0 Å². The summed E-state index contributed by atoms with van der Waals surface area (Å²) < 4.78 is 22.7. The molecule has 0 aromatic carbocycles. The Balaban J connectivity index is 2.50. The van der Waals surface area contributed by atoms with Crippen LogP contribution in [0.4, 0.5) is 0 Å². The summed E-state index contributed by atoms with van der Waals surface area (Å²) >= 11 is 0. The number of hydrogen-bond donors (Lipinski definition) is 2. The first-order valence-electron chi connectivity index (χ1n) is 6.06. The maximum atomic E-state index is 11.4. The molecule has 104 valence electrons. The summed E-state index contributed by atoms with van der Waals surface area (Å²) in [5.74, 6) is 6.34. The lowest BCUT2D eigenvalue weighted by atomic mass is 9.83. The van der Waals surface area contributed by atoms with Crippen LogP contribution in [-0.2, 0) is 14.7 Å². The topological polar surface area (TPSA) is 95.4 Å². The molecule has 1 unspecified atom stereocenters. The smallest absolute Gasteiger partial charge is 0.205 e. The van der Waals surface area contributed by atoms with Gasteiger partial charge in [-0.2, -0.15) is 5.90 Å². The summed E-state index contributed by atoms with van der Waals surface area (Å²) in [5.41, 5.74) is 6.46. The highest BCUT2D eigenvalue weighted by Crippen LogP contribution is 2.31. The Kier molecular flexibility index (Phi) is 5.22. The number of sulfone groups is 1. The van der Waals surface area contributed by atoms with Crippen molar-refractivity contribution in [1.82, 2.24) is 0 Å². The van der Waals surface area contributed by atoms with Crippen LogP contribution < -0.4 is 11.6 Å². The molecule has 0 aromatic heterocycles. The average Bonchev–Trinajstić information content (AvgIpc) is 2.34. The van der Waals surface area contributed by atoms with Gasteiger partial charge in [-0.25, -0.2) is 8.42 Å². The Morgan fingerprint density at radius 3 is 2.56 bits per heavy atom. The van der Waals surface area contributed by atoms with Gasteiger partial charge in [0.2, 0.25) is 5.88 Å². The third kappa shape index (κ3) is 4.34. The second-order valence-electron chi connectivity index (χ2n) is 4.86. The first-order valence-corrected chi connectivity index (χ1v) is 7.88. The van der Waals surface area contributed by atoms with E-state index in [1.165, 1.54) is 0 Å². The Morgan fingerprint density at radius 1 is 1.50 bits per heavy atom. The SMILES string of the molecule is C=C(C/C=C(/N)ON)C(C)C1CCS(=O)(=O)CC1. The zero-order valence-corrected chi connectivity index (χ0v) is 11.6. The maximum Gasteiger partial charge on any atom is 0.205 e. The Morgan fingerprint density at radius 2 is 2.06 bits per heavy atom. The van der Waals surface area contributed by atoms with Crippen molar-refractivity contribution in [1.29, 1.82) is 0 Å². The molecule has 0 saturated carbocycles.